The standard InChI is InChI=1S/C24H25ClFN3O6S/c1-17(2)13-28(36(33,34)21-9-10-22(25)23(12-21)29(31)32)16-24(30)27(15-20-4-3-11-35-20)14-18-5-7-19(26)8-6-18/h3-12,17H,13-16H2,1-2H3. The fourth-order valence-electron chi connectivity index (χ4n) is 3.48. The molecule has 0 aliphatic carbocycles. The molecule has 0 unspecified atom stereocenters. The van der Waals surface area contributed by atoms with Crippen LogP contribution in [0.3, 0.4) is 0 Å². The van der Waals surface area contributed by atoms with Crippen molar-refractivity contribution < 1.29 is 26.9 Å². The summed E-state index contributed by atoms with van der Waals surface area (Å²) in [6, 6.07) is 12.2. The number of furan rings is 1. The molecule has 0 radical (unpaired) electrons. The second-order valence-corrected chi connectivity index (χ2v) is 10.9. The number of benzene rings is 2. The van der Waals surface area contributed by atoms with Crippen molar-refractivity contribution in [3.8, 4) is 0 Å². The molecule has 1 aromatic heterocycles. The third-order valence-electron chi connectivity index (χ3n) is 5.20. The average molecular weight is 538 g/mol. The van der Waals surface area contributed by atoms with Crippen LogP contribution in [0.5, 0.6) is 0 Å². The highest BCUT2D eigenvalue weighted by atomic mass is 35.5. The van der Waals surface area contributed by atoms with Gasteiger partial charge in [0.1, 0.15) is 16.6 Å². The van der Waals surface area contributed by atoms with Crippen LogP contribution in [-0.2, 0) is 27.9 Å². The van der Waals surface area contributed by atoms with E-state index in [-0.39, 0.29) is 35.5 Å². The van der Waals surface area contributed by atoms with Crippen LogP contribution in [-0.4, -0.2) is 41.5 Å². The first kappa shape index (κ1) is 27.3. The van der Waals surface area contributed by atoms with E-state index in [9.17, 15) is 27.7 Å². The van der Waals surface area contributed by atoms with Crippen LogP contribution in [0.1, 0.15) is 25.2 Å². The molecule has 0 saturated heterocycles. The molecule has 1 heterocycles. The molecule has 0 aliphatic heterocycles. The van der Waals surface area contributed by atoms with Crippen LogP contribution in [0.4, 0.5) is 10.1 Å². The van der Waals surface area contributed by atoms with Crippen molar-refractivity contribution >= 4 is 33.2 Å². The van der Waals surface area contributed by atoms with Crippen molar-refractivity contribution in [1.82, 2.24) is 9.21 Å². The van der Waals surface area contributed by atoms with Gasteiger partial charge in [-0.15, -0.1) is 0 Å². The van der Waals surface area contributed by atoms with Crippen molar-refractivity contribution in [2.45, 2.75) is 31.8 Å². The second-order valence-electron chi connectivity index (χ2n) is 8.52. The molecule has 3 aromatic rings. The summed E-state index contributed by atoms with van der Waals surface area (Å²) in [6.45, 7) is 3.20. The van der Waals surface area contributed by atoms with E-state index in [1.807, 2.05) is 0 Å². The normalized spacial score (nSPS) is 11.7. The molecule has 2 aromatic carbocycles. The van der Waals surface area contributed by atoms with Crippen LogP contribution in [0, 0.1) is 21.8 Å². The van der Waals surface area contributed by atoms with Gasteiger partial charge in [0.05, 0.1) is 29.2 Å². The van der Waals surface area contributed by atoms with E-state index in [4.69, 9.17) is 16.0 Å². The zero-order valence-corrected chi connectivity index (χ0v) is 21.2. The maximum absolute atomic E-state index is 13.5. The maximum Gasteiger partial charge on any atom is 0.289 e. The second kappa shape index (κ2) is 11.6. The van der Waals surface area contributed by atoms with Gasteiger partial charge in [-0.05, 0) is 47.9 Å². The molecule has 1 amide bonds. The van der Waals surface area contributed by atoms with Gasteiger partial charge in [-0.25, -0.2) is 12.8 Å². The summed E-state index contributed by atoms with van der Waals surface area (Å²) in [4.78, 5) is 25.0. The molecular weight excluding hydrogens is 513 g/mol. The Kier molecular flexibility index (Phi) is 8.83. The lowest BCUT2D eigenvalue weighted by atomic mass is 10.2. The lowest BCUT2D eigenvalue weighted by molar-refractivity contribution is -0.384. The van der Waals surface area contributed by atoms with Crippen LogP contribution < -0.4 is 0 Å². The Balaban J connectivity index is 1.92. The first-order valence-corrected chi connectivity index (χ1v) is 12.8. The van der Waals surface area contributed by atoms with Gasteiger partial charge in [-0.3, -0.25) is 14.9 Å². The maximum atomic E-state index is 13.5. The Morgan fingerprint density at radius 3 is 2.42 bits per heavy atom. The quantitative estimate of drug-likeness (QED) is 0.255. The van der Waals surface area contributed by atoms with Gasteiger partial charge in [0.2, 0.25) is 15.9 Å². The van der Waals surface area contributed by atoms with Gasteiger partial charge in [-0.1, -0.05) is 37.6 Å². The summed E-state index contributed by atoms with van der Waals surface area (Å²) in [6.07, 6.45) is 1.46. The first-order chi connectivity index (χ1) is 17.0. The Labute approximate surface area is 213 Å². The highest BCUT2D eigenvalue weighted by molar-refractivity contribution is 7.89. The molecule has 9 nitrogen and oxygen atoms in total. The predicted molar refractivity (Wildman–Crippen MR) is 131 cm³/mol. The zero-order chi connectivity index (χ0) is 26.5. The third-order valence-corrected chi connectivity index (χ3v) is 7.33. The Hall–Kier alpha value is -3.28. The van der Waals surface area contributed by atoms with Gasteiger partial charge in [0.25, 0.3) is 5.69 Å². The fraction of sp³-hybridized carbons (Fsp3) is 0.292. The number of carbonyl (C=O) groups excluding carboxylic acids is 1. The van der Waals surface area contributed by atoms with Gasteiger partial charge in [-0.2, -0.15) is 4.31 Å². The summed E-state index contributed by atoms with van der Waals surface area (Å²) < 4.78 is 46.6. The Morgan fingerprint density at radius 1 is 1.14 bits per heavy atom. The Morgan fingerprint density at radius 2 is 1.83 bits per heavy atom. The number of halogens is 2. The van der Waals surface area contributed by atoms with Crippen molar-refractivity contribution in [2.24, 2.45) is 5.92 Å². The van der Waals surface area contributed by atoms with E-state index in [0.717, 1.165) is 16.4 Å². The van der Waals surface area contributed by atoms with Gasteiger partial charge < -0.3 is 9.32 Å². The molecule has 192 valence electrons. The van der Waals surface area contributed by atoms with E-state index in [2.05, 4.69) is 0 Å². The molecule has 0 bridgehead atoms. The van der Waals surface area contributed by atoms with E-state index in [1.54, 1.807) is 26.0 Å². The molecular formula is C24H25ClFN3O6S. The predicted octanol–water partition coefficient (Wildman–Crippen LogP) is 4.86. The van der Waals surface area contributed by atoms with Crippen LogP contribution in [0.2, 0.25) is 5.02 Å². The minimum Gasteiger partial charge on any atom is -0.467 e. The zero-order valence-electron chi connectivity index (χ0n) is 19.6. The van der Waals surface area contributed by atoms with Crippen molar-refractivity contribution in [3.05, 3.63) is 93.1 Å². The smallest absolute Gasteiger partial charge is 0.289 e. The molecule has 3 rings (SSSR count). The minimum absolute atomic E-state index is 0.00433. The van der Waals surface area contributed by atoms with Crippen LogP contribution >= 0.6 is 11.6 Å². The van der Waals surface area contributed by atoms with Crippen LogP contribution in [0.15, 0.2) is 70.2 Å². The number of nitrogens with zero attached hydrogens (tertiary/aromatic N) is 3. The molecule has 0 spiro atoms. The van der Waals surface area contributed by atoms with Crippen molar-refractivity contribution in [1.29, 1.82) is 0 Å². The Bertz CT molecular complexity index is 1310. The van der Waals surface area contributed by atoms with Gasteiger partial charge in [0, 0.05) is 19.2 Å². The lowest BCUT2D eigenvalue weighted by Crippen LogP contribution is -2.43. The molecule has 0 fully saturated rings. The van der Waals surface area contributed by atoms with E-state index in [0.29, 0.717) is 11.3 Å². The SMILES string of the molecule is CC(C)CN(CC(=O)N(Cc1ccc(F)cc1)Cc1ccco1)S(=O)(=O)c1ccc(Cl)c([N+](=O)[O-])c1. The first-order valence-electron chi connectivity index (χ1n) is 11.0. The number of nitro groups is 1. The number of carbonyl (C=O) groups is 1. The largest absolute Gasteiger partial charge is 0.467 e. The summed E-state index contributed by atoms with van der Waals surface area (Å²) in [5.41, 5.74) is 0.0900. The summed E-state index contributed by atoms with van der Waals surface area (Å²) in [5, 5.41) is 11.1. The number of amides is 1. The molecule has 36 heavy (non-hydrogen) atoms. The summed E-state index contributed by atoms with van der Waals surface area (Å²) in [5.74, 6) is -0.611. The number of hydrogen-bond donors (Lipinski definition) is 0. The number of rotatable bonds is 11. The third kappa shape index (κ3) is 6.90. The molecule has 0 aliphatic rings. The number of nitro benzene ring substituents is 1. The highest BCUT2D eigenvalue weighted by Crippen LogP contribution is 2.29. The summed E-state index contributed by atoms with van der Waals surface area (Å²) >= 11 is 5.84. The fourth-order valence-corrected chi connectivity index (χ4v) is 5.24. The van der Waals surface area contributed by atoms with Crippen molar-refractivity contribution in [3.63, 3.8) is 0 Å². The van der Waals surface area contributed by atoms with Crippen molar-refractivity contribution in [2.75, 3.05) is 13.1 Å². The lowest BCUT2D eigenvalue weighted by Gasteiger charge is -2.28. The number of sulfonamides is 1. The van der Waals surface area contributed by atoms with E-state index < -0.39 is 38.9 Å². The monoisotopic (exact) mass is 537 g/mol. The molecule has 0 N–H and O–H groups in total. The molecule has 0 atom stereocenters. The highest BCUT2D eigenvalue weighted by Gasteiger charge is 2.31. The molecule has 0 saturated carbocycles. The topological polar surface area (TPSA) is 114 Å². The minimum atomic E-state index is -4.29. The van der Waals surface area contributed by atoms with E-state index >= 15 is 0 Å². The molecule has 12 heteroatoms. The average Bonchev–Trinajstić information content (AvgIpc) is 3.32. The van der Waals surface area contributed by atoms with Gasteiger partial charge >= 0.3 is 0 Å². The van der Waals surface area contributed by atoms with E-state index in [1.165, 1.54) is 41.5 Å². The van der Waals surface area contributed by atoms with Gasteiger partial charge in [0.15, 0.2) is 0 Å². The van der Waals surface area contributed by atoms with Crippen LogP contribution in [0.25, 0.3) is 0 Å². The number of hydrogen-bond acceptors (Lipinski definition) is 6. The summed E-state index contributed by atoms with van der Waals surface area (Å²) in [7, 11) is -4.29.